The molecule has 1 aromatic carbocycles. The highest BCUT2D eigenvalue weighted by Crippen LogP contribution is 2.29. The Kier molecular flexibility index (Phi) is 5.41. The normalized spacial score (nSPS) is 20.2. The van der Waals surface area contributed by atoms with Crippen LogP contribution in [0, 0.1) is 11.8 Å². The zero-order valence-electron chi connectivity index (χ0n) is 18.2. The Hall–Kier alpha value is -3.57. The SMILES string of the molecule is CC#Cc1cc2cc(c1)-c1cnn3ccc(nc13)OCC1C[C@@H](OCC)C(=O)N1CCN2. The van der Waals surface area contributed by atoms with Crippen LogP contribution in [-0.2, 0) is 9.53 Å². The van der Waals surface area contributed by atoms with Gasteiger partial charge < -0.3 is 19.7 Å². The molecule has 1 unspecified atom stereocenters. The van der Waals surface area contributed by atoms with E-state index < -0.39 is 6.10 Å². The van der Waals surface area contributed by atoms with Crippen molar-refractivity contribution in [1.82, 2.24) is 19.5 Å². The molecule has 164 valence electrons. The van der Waals surface area contributed by atoms with Crippen molar-refractivity contribution in [3.8, 4) is 28.8 Å². The van der Waals surface area contributed by atoms with Crippen LogP contribution < -0.4 is 10.1 Å². The first-order chi connectivity index (χ1) is 15.7. The molecule has 4 heterocycles. The number of hydrogen-bond acceptors (Lipinski definition) is 6. The van der Waals surface area contributed by atoms with Gasteiger partial charge in [0.15, 0.2) is 5.65 Å². The summed E-state index contributed by atoms with van der Waals surface area (Å²) in [6.07, 6.45) is 3.83. The first-order valence-corrected chi connectivity index (χ1v) is 10.9. The van der Waals surface area contributed by atoms with Crippen molar-refractivity contribution >= 4 is 17.2 Å². The average molecular weight is 431 g/mol. The average Bonchev–Trinajstić information content (AvgIpc) is 3.34. The number of carbonyl (C=O) groups excluding carboxylic acids is 1. The molecular weight excluding hydrogens is 406 g/mol. The topological polar surface area (TPSA) is 81.0 Å². The van der Waals surface area contributed by atoms with E-state index in [2.05, 4.69) is 28.3 Å². The Labute approximate surface area is 186 Å². The monoisotopic (exact) mass is 431 g/mol. The minimum absolute atomic E-state index is 0.0159. The molecule has 8 heteroatoms. The van der Waals surface area contributed by atoms with Crippen LogP contribution in [0.1, 0.15) is 25.8 Å². The number of ether oxygens (including phenoxy) is 2. The fourth-order valence-corrected chi connectivity index (χ4v) is 4.37. The maximum atomic E-state index is 12.9. The smallest absolute Gasteiger partial charge is 0.252 e. The van der Waals surface area contributed by atoms with Gasteiger partial charge in [0.25, 0.3) is 5.91 Å². The number of amides is 1. The lowest BCUT2D eigenvalue weighted by Gasteiger charge is -2.25. The number of rotatable bonds is 2. The Balaban J connectivity index is 1.57. The fraction of sp³-hybridized carbons (Fsp3) is 0.375. The van der Waals surface area contributed by atoms with Gasteiger partial charge in [-0.05, 0) is 37.6 Å². The molecule has 0 saturated carbocycles. The lowest BCUT2D eigenvalue weighted by molar-refractivity contribution is -0.137. The van der Waals surface area contributed by atoms with Crippen LogP contribution >= 0.6 is 0 Å². The predicted molar refractivity (Wildman–Crippen MR) is 120 cm³/mol. The van der Waals surface area contributed by atoms with Gasteiger partial charge >= 0.3 is 0 Å². The summed E-state index contributed by atoms with van der Waals surface area (Å²) in [5.41, 5.74) is 4.42. The van der Waals surface area contributed by atoms with E-state index in [-0.39, 0.29) is 11.9 Å². The second-order valence-corrected chi connectivity index (χ2v) is 7.87. The van der Waals surface area contributed by atoms with Crippen molar-refractivity contribution < 1.29 is 14.3 Å². The van der Waals surface area contributed by atoms with Gasteiger partial charge in [0.1, 0.15) is 12.7 Å². The van der Waals surface area contributed by atoms with Gasteiger partial charge in [-0.1, -0.05) is 5.92 Å². The Morgan fingerprint density at radius 1 is 1.34 bits per heavy atom. The van der Waals surface area contributed by atoms with E-state index in [9.17, 15) is 4.79 Å². The number of nitrogens with zero attached hydrogens (tertiary/aromatic N) is 4. The van der Waals surface area contributed by atoms with E-state index in [1.54, 1.807) is 10.6 Å². The van der Waals surface area contributed by atoms with Gasteiger partial charge in [-0.3, -0.25) is 4.79 Å². The molecule has 0 spiro atoms. The summed E-state index contributed by atoms with van der Waals surface area (Å²) in [5, 5.41) is 7.90. The number of anilines is 1. The lowest BCUT2D eigenvalue weighted by Crippen LogP contribution is -2.41. The molecule has 3 aromatic rings. The number of fused-ring (bicyclic) bond motifs is 5. The summed E-state index contributed by atoms with van der Waals surface area (Å²) in [4.78, 5) is 19.5. The van der Waals surface area contributed by atoms with Crippen molar-refractivity contribution in [2.45, 2.75) is 32.4 Å². The zero-order chi connectivity index (χ0) is 22.1. The molecule has 1 N–H and O–H groups in total. The van der Waals surface area contributed by atoms with Crippen molar-refractivity contribution in [2.24, 2.45) is 0 Å². The largest absolute Gasteiger partial charge is 0.475 e. The van der Waals surface area contributed by atoms with Crippen LogP contribution in [0.4, 0.5) is 5.69 Å². The van der Waals surface area contributed by atoms with Crippen LogP contribution in [0.3, 0.4) is 0 Å². The van der Waals surface area contributed by atoms with E-state index >= 15 is 0 Å². The van der Waals surface area contributed by atoms with Gasteiger partial charge in [-0.25, -0.2) is 4.52 Å². The third-order valence-electron chi connectivity index (χ3n) is 5.82. The molecular formula is C24H25N5O3. The lowest BCUT2D eigenvalue weighted by atomic mass is 10.0. The van der Waals surface area contributed by atoms with Gasteiger partial charge in [0.05, 0.1) is 12.2 Å². The standard InChI is InChI=1S/C24H25N5O3/c1-3-5-16-10-17-12-18(11-16)25-7-9-28-19(13-21(24(28)30)31-4-2)15-32-22-6-8-29-23(27-22)20(17)14-26-29/h6,8,10-12,14,19,21,25H,4,7,9,13,15H2,1-2H3/t19?,21-/m1/s1. The summed E-state index contributed by atoms with van der Waals surface area (Å²) in [6, 6.07) is 7.84. The van der Waals surface area contributed by atoms with Gasteiger partial charge in [0, 0.05) is 55.2 Å². The van der Waals surface area contributed by atoms with E-state index in [0.29, 0.717) is 44.3 Å². The third-order valence-corrected chi connectivity index (χ3v) is 5.82. The molecule has 1 saturated heterocycles. The van der Waals surface area contributed by atoms with Crippen molar-refractivity contribution in [2.75, 3.05) is 31.6 Å². The number of benzene rings is 1. The highest BCUT2D eigenvalue weighted by atomic mass is 16.5. The molecule has 8 nitrogen and oxygen atoms in total. The maximum Gasteiger partial charge on any atom is 0.252 e. The second-order valence-electron chi connectivity index (χ2n) is 7.87. The number of nitrogens with one attached hydrogen (secondary N) is 1. The molecule has 0 aliphatic carbocycles. The quantitative estimate of drug-likeness (QED) is 0.629. The van der Waals surface area contributed by atoms with E-state index in [4.69, 9.17) is 14.5 Å². The van der Waals surface area contributed by atoms with Crippen LogP contribution in [0.5, 0.6) is 5.88 Å². The fourth-order valence-electron chi connectivity index (χ4n) is 4.37. The van der Waals surface area contributed by atoms with E-state index in [0.717, 1.165) is 22.4 Å². The van der Waals surface area contributed by atoms with E-state index in [1.807, 2.05) is 43.3 Å². The summed E-state index contributed by atoms with van der Waals surface area (Å²) in [6.45, 7) is 5.76. The molecule has 1 amide bonds. The zero-order valence-corrected chi connectivity index (χ0v) is 18.2. The Morgan fingerprint density at radius 3 is 3.09 bits per heavy atom. The van der Waals surface area contributed by atoms with Crippen LogP contribution in [0.25, 0.3) is 16.8 Å². The van der Waals surface area contributed by atoms with Crippen LogP contribution in [0.2, 0.25) is 0 Å². The first-order valence-electron chi connectivity index (χ1n) is 10.9. The second kappa shape index (κ2) is 8.52. The minimum atomic E-state index is -0.420. The molecule has 1 fully saturated rings. The Bertz CT molecular complexity index is 1230. The highest BCUT2D eigenvalue weighted by Gasteiger charge is 2.40. The number of carbonyl (C=O) groups is 1. The van der Waals surface area contributed by atoms with Crippen LogP contribution in [0.15, 0.2) is 36.7 Å². The predicted octanol–water partition coefficient (Wildman–Crippen LogP) is 2.58. The molecule has 2 atom stereocenters. The van der Waals surface area contributed by atoms with Crippen LogP contribution in [-0.4, -0.2) is 63.9 Å². The third kappa shape index (κ3) is 3.76. The van der Waals surface area contributed by atoms with Gasteiger partial charge in [0.2, 0.25) is 5.88 Å². The number of hydrogen-bond donors (Lipinski definition) is 1. The van der Waals surface area contributed by atoms with Crippen molar-refractivity contribution in [1.29, 1.82) is 0 Å². The first kappa shape index (κ1) is 20.3. The number of aromatic nitrogens is 3. The van der Waals surface area contributed by atoms with E-state index in [1.165, 1.54) is 0 Å². The molecule has 2 aromatic heterocycles. The molecule has 2 aliphatic rings. The molecule has 5 rings (SSSR count). The molecule has 2 aliphatic heterocycles. The molecule has 0 radical (unpaired) electrons. The molecule has 4 bridgehead atoms. The highest BCUT2D eigenvalue weighted by molar-refractivity contribution is 5.84. The van der Waals surface area contributed by atoms with Gasteiger partial charge in [-0.2, -0.15) is 10.1 Å². The summed E-state index contributed by atoms with van der Waals surface area (Å²) in [5.74, 6) is 6.63. The maximum absolute atomic E-state index is 12.9. The minimum Gasteiger partial charge on any atom is -0.475 e. The summed E-state index contributed by atoms with van der Waals surface area (Å²) < 4.78 is 13.5. The summed E-state index contributed by atoms with van der Waals surface area (Å²) in [7, 11) is 0. The van der Waals surface area contributed by atoms with Crippen molar-refractivity contribution in [3.63, 3.8) is 0 Å². The Morgan fingerprint density at radius 2 is 2.25 bits per heavy atom. The van der Waals surface area contributed by atoms with Crippen molar-refractivity contribution in [3.05, 3.63) is 42.2 Å². The molecule has 32 heavy (non-hydrogen) atoms. The van der Waals surface area contributed by atoms with Gasteiger partial charge in [-0.15, -0.1) is 5.92 Å². The summed E-state index contributed by atoms with van der Waals surface area (Å²) >= 11 is 0.